The minimum Gasteiger partial charge on any atom is -0.493 e. The van der Waals surface area contributed by atoms with Gasteiger partial charge < -0.3 is 14.2 Å². The minimum absolute atomic E-state index is 0.000654. The van der Waals surface area contributed by atoms with E-state index in [1.54, 1.807) is 30.6 Å². The molecule has 0 saturated heterocycles. The number of hydrogen-bond acceptors (Lipinski definition) is 5. The van der Waals surface area contributed by atoms with Crippen molar-refractivity contribution >= 4 is 23.2 Å². The number of fused-ring (bicyclic) bond motifs is 1. The molecular weight excluding hydrogens is 312 g/mol. The fourth-order valence-electron chi connectivity index (χ4n) is 2.53. The highest BCUT2D eigenvalue weighted by Gasteiger charge is 2.18. The molecule has 4 nitrogen and oxygen atoms in total. The van der Waals surface area contributed by atoms with E-state index in [-0.39, 0.29) is 5.78 Å². The summed E-state index contributed by atoms with van der Waals surface area (Å²) in [7, 11) is 1.59. The molecule has 5 heteroatoms. The van der Waals surface area contributed by atoms with Crippen LogP contribution in [0.25, 0.3) is 6.08 Å². The highest BCUT2D eigenvalue weighted by atomic mass is 32.1. The molecule has 0 unspecified atom stereocenters. The summed E-state index contributed by atoms with van der Waals surface area (Å²) in [6.07, 6.45) is 3.36. The van der Waals surface area contributed by atoms with E-state index < -0.39 is 0 Å². The molecule has 0 fully saturated rings. The lowest BCUT2D eigenvalue weighted by atomic mass is 10.1. The Morgan fingerprint density at radius 3 is 2.70 bits per heavy atom. The summed E-state index contributed by atoms with van der Waals surface area (Å²) in [5.41, 5.74) is 1.59. The predicted octanol–water partition coefficient (Wildman–Crippen LogP) is 4.04. The van der Waals surface area contributed by atoms with Crippen LogP contribution in [0.5, 0.6) is 17.2 Å². The lowest BCUT2D eigenvalue weighted by Crippen LogP contribution is -2.16. The average Bonchev–Trinajstić information content (AvgIpc) is 2.90. The molecule has 0 amide bonds. The molecular formula is C18H18O4S. The highest BCUT2D eigenvalue weighted by molar-refractivity contribution is 7.12. The molecule has 0 N–H and O–H groups in total. The summed E-state index contributed by atoms with van der Waals surface area (Å²) in [5, 5.41) is 0. The van der Waals surface area contributed by atoms with E-state index in [4.69, 9.17) is 14.2 Å². The molecule has 0 spiro atoms. The van der Waals surface area contributed by atoms with E-state index in [9.17, 15) is 4.79 Å². The Morgan fingerprint density at radius 2 is 2.00 bits per heavy atom. The molecule has 2 aromatic rings. The smallest absolute Gasteiger partial charge is 0.203 e. The maximum absolute atomic E-state index is 12.3. The summed E-state index contributed by atoms with van der Waals surface area (Å²) >= 11 is 1.63. The Bertz CT molecular complexity index is 756. The summed E-state index contributed by atoms with van der Waals surface area (Å²) in [5.74, 6) is 1.87. The largest absolute Gasteiger partial charge is 0.493 e. The van der Waals surface area contributed by atoms with Gasteiger partial charge in [-0.15, -0.1) is 11.3 Å². The van der Waals surface area contributed by atoms with Crippen LogP contribution in [0.3, 0.4) is 0 Å². The number of allylic oxidation sites excluding steroid dienone is 1. The van der Waals surface area contributed by atoms with Gasteiger partial charge in [0.15, 0.2) is 17.3 Å². The number of ketones is 1. The van der Waals surface area contributed by atoms with E-state index in [2.05, 4.69) is 0 Å². The number of rotatable bonds is 4. The monoisotopic (exact) mass is 330 g/mol. The van der Waals surface area contributed by atoms with Crippen molar-refractivity contribution in [3.63, 3.8) is 0 Å². The van der Waals surface area contributed by atoms with Crippen molar-refractivity contribution in [2.24, 2.45) is 0 Å². The fraction of sp³-hybridized carbons (Fsp3) is 0.278. The SMILES string of the molecule is COc1cc(/C=C/C(=O)c2cc(C)sc2C)cc2c1OCCO2. The molecule has 1 aliphatic rings. The van der Waals surface area contributed by atoms with Crippen LogP contribution in [0.15, 0.2) is 24.3 Å². The Hall–Kier alpha value is -2.27. The van der Waals surface area contributed by atoms with E-state index in [0.717, 1.165) is 20.9 Å². The van der Waals surface area contributed by atoms with Crippen LogP contribution in [0.1, 0.15) is 25.7 Å². The van der Waals surface area contributed by atoms with Gasteiger partial charge in [-0.25, -0.2) is 0 Å². The molecule has 2 heterocycles. The third-order valence-corrected chi connectivity index (χ3v) is 4.55. The van der Waals surface area contributed by atoms with Crippen molar-refractivity contribution < 1.29 is 19.0 Å². The Balaban J connectivity index is 1.87. The van der Waals surface area contributed by atoms with Gasteiger partial charge in [0.2, 0.25) is 5.75 Å². The van der Waals surface area contributed by atoms with Gasteiger partial charge in [-0.2, -0.15) is 0 Å². The van der Waals surface area contributed by atoms with Gasteiger partial charge in [-0.1, -0.05) is 6.08 Å². The zero-order valence-corrected chi connectivity index (χ0v) is 14.2. The third kappa shape index (κ3) is 3.24. The third-order valence-electron chi connectivity index (χ3n) is 3.58. The van der Waals surface area contributed by atoms with Crippen LogP contribution in [-0.4, -0.2) is 26.1 Å². The quantitative estimate of drug-likeness (QED) is 0.627. The minimum atomic E-state index is 0.000654. The molecule has 0 aliphatic carbocycles. The molecule has 1 aromatic heterocycles. The average molecular weight is 330 g/mol. The number of carbonyl (C=O) groups excluding carboxylic acids is 1. The van der Waals surface area contributed by atoms with Crippen molar-refractivity contribution in [2.45, 2.75) is 13.8 Å². The van der Waals surface area contributed by atoms with Crippen molar-refractivity contribution in [3.05, 3.63) is 45.2 Å². The van der Waals surface area contributed by atoms with Gasteiger partial charge in [0.25, 0.3) is 0 Å². The Morgan fingerprint density at radius 1 is 1.22 bits per heavy atom. The number of benzene rings is 1. The van der Waals surface area contributed by atoms with Gasteiger partial charge in [0.05, 0.1) is 7.11 Å². The molecule has 1 aliphatic heterocycles. The molecule has 1 aromatic carbocycles. The number of ether oxygens (including phenoxy) is 3. The predicted molar refractivity (Wildman–Crippen MR) is 91.1 cm³/mol. The Labute approximate surface area is 139 Å². The molecule has 120 valence electrons. The van der Waals surface area contributed by atoms with Crippen molar-refractivity contribution in [1.82, 2.24) is 0 Å². The molecule has 3 rings (SSSR count). The zero-order chi connectivity index (χ0) is 16.4. The standard InChI is InChI=1S/C18H18O4S/c1-11-8-14(12(2)23-11)15(19)5-4-13-9-16(20-3)18-17(10-13)21-6-7-22-18/h4-5,8-10H,6-7H2,1-3H3/b5-4+. The summed E-state index contributed by atoms with van der Waals surface area (Å²) < 4.78 is 16.5. The number of carbonyl (C=O) groups is 1. The summed E-state index contributed by atoms with van der Waals surface area (Å²) in [4.78, 5) is 14.5. The van der Waals surface area contributed by atoms with E-state index in [0.29, 0.717) is 30.5 Å². The van der Waals surface area contributed by atoms with Gasteiger partial charge in [-0.3, -0.25) is 4.79 Å². The van der Waals surface area contributed by atoms with Crippen molar-refractivity contribution in [3.8, 4) is 17.2 Å². The topological polar surface area (TPSA) is 44.8 Å². The second-order valence-corrected chi connectivity index (χ2v) is 6.73. The first kappa shape index (κ1) is 15.6. The maximum atomic E-state index is 12.3. The summed E-state index contributed by atoms with van der Waals surface area (Å²) in [6.45, 7) is 4.99. The molecule has 0 atom stereocenters. The van der Waals surface area contributed by atoms with Gasteiger partial charge in [0, 0.05) is 15.3 Å². The lowest BCUT2D eigenvalue weighted by Gasteiger charge is -2.20. The van der Waals surface area contributed by atoms with Crippen LogP contribution in [0.2, 0.25) is 0 Å². The number of methoxy groups -OCH3 is 1. The zero-order valence-electron chi connectivity index (χ0n) is 13.3. The second kappa shape index (κ2) is 6.46. The fourth-order valence-corrected chi connectivity index (χ4v) is 3.46. The molecule has 0 radical (unpaired) electrons. The van der Waals surface area contributed by atoms with Gasteiger partial charge in [0.1, 0.15) is 13.2 Å². The van der Waals surface area contributed by atoms with E-state index >= 15 is 0 Å². The van der Waals surface area contributed by atoms with Crippen molar-refractivity contribution in [1.29, 1.82) is 0 Å². The van der Waals surface area contributed by atoms with Crippen LogP contribution in [0.4, 0.5) is 0 Å². The molecule has 23 heavy (non-hydrogen) atoms. The number of hydrogen-bond donors (Lipinski definition) is 0. The first-order valence-electron chi connectivity index (χ1n) is 7.35. The lowest BCUT2D eigenvalue weighted by molar-refractivity contribution is 0.104. The highest BCUT2D eigenvalue weighted by Crippen LogP contribution is 2.40. The van der Waals surface area contributed by atoms with Crippen molar-refractivity contribution in [2.75, 3.05) is 20.3 Å². The maximum Gasteiger partial charge on any atom is 0.203 e. The van der Waals surface area contributed by atoms with Crippen LogP contribution in [0, 0.1) is 13.8 Å². The number of thiophene rings is 1. The van der Waals surface area contributed by atoms with E-state index in [1.165, 1.54) is 0 Å². The molecule has 0 bridgehead atoms. The second-order valence-electron chi connectivity index (χ2n) is 5.27. The van der Waals surface area contributed by atoms with Crippen LogP contribution < -0.4 is 14.2 Å². The summed E-state index contributed by atoms with van der Waals surface area (Å²) in [6, 6.07) is 5.62. The normalized spacial score (nSPS) is 13.3. The Kier molecular flexibility index (Phi) is 4.39. The van der Waals surface area contributed by atoms with Gasteiger partial charge in [-0.05, 0) is 43.7 Å². The van der Waals surface area contributed by atoms with Gasteiger partial charge >= 0.3 is 0 Å². The van der Waals surface area contributed by atoms with Crippen LogP contribution in [-0.2, 0) is 0 Å². The van der Waals surface area contributed by atoms with E-state index in [1.807, 2.05) is 32.0 Å². The number of aryl methyl sites for hydroxylation is 2. The molecule has 0 saturated carbocycles. The van der Waals surface area contributed by atoms with Crippen LogP contribution >= 0.6 is 11.3 Å². The first-order chi connectivity index (χ1) is 11.1. The first-order valence-corrected chi connectivity index (χ1v) is 8.17.